The number of nitrogens with one attached hydrogen (secondary N) is 2. The van der Waals surface area contributed by atoms with Crippen LogP contribution in [0, 0.1) is 6.92 Å². The summed E-state index contributed by atoms with van der Waals surface area (Å²) < 4.78 is 36.0. The van der Waals surface area contributed by atoms with E-state index in [0.717, 1.165) is 47.2 Å². The van der Waals surface area contributed by atoms with Crippen molar-refractivity contribution >= 4 is 27.3 Å². The third-order valence-electron chi connectivity index (χ3n) is 7.79. The number of aryl methyl sites for hydroxylation is 1. The summed E-state index contributed by atoms with van der Waals surface area (Å²) in [5.41, 5.74) is 6.15. The van der Waals surface area contributed by atoms with Gasteiger partial charge in [-0.3, -0.25) is 19.2 Å². The summed E-state index contributed by atoms with van der Waals surface area (Å²) in [6, 6.07) is 15.0. The monoisotopic (exact) mass is 640 g/mol. The second kappa shape index (κ2) is 11.7. The highest BCUT2D eigenvalue weighted by molar-refractivity contribution is 7.92. The van der Waals surface area contributed by atoms with Crippen LogP contribution >= 0.6 is 0 Å². The second-order valence-corrected chi connectivity index (χ2v) is 14.3. The van der Waals surface area contributed by atoms with E-state index in [1.54, 1.807) is 41.3 Å². The fourth-order valence-electron chi connectivity index (χ4n) is 5.25. The molecule has 3 heterocycles. The van der Waals surface area contributed by atoms with E-state index in [1.165, 1.54) is 7.11 Å². The zero-order valence-electron chi connectivity index (χ0n) is 26.6. The Kier molecular flexibility index (Phi) is 7.88. The van der Waals surface area contributed by atoms with Crippen LogP contribution in [0.1, 0.15) is 61.1 Å². The molecule has 0 atom stereocenters. The molecule has 13 heteroatoms. The van der Waals surface area contributed by atoms with Crippen molar-refractivity contribution in [2.24, 2.45) is 0 Å². The van der Waals surface area contributed by atoms with Gasteiger partial charge in [0, 0.05) is 11.8 Å². The Morgan fingerprint density at radius 3 is 2.46 bits per heavy atom. The first-order chi connectivity index (χ1) is 21.8. The van der Waals surface area contributed by atoms with Gasteiger partial charge in [0.25, 0.3) is 5.91 Å². The number of rotatable bonds is 9. The summed E-state index contributed by atoms with van der Waals surface area (Å²) in [6.45, 7) is 7.93. The highest BCUT2D eigenvalue weighted by Crippen LogP contribution is 2.41. The standard InChI is InChI=1S/C33H36N8O4S/c1-20-10-11-21(32(42)36-26-16-22(33(2,3)4)17-27(31(26)45-5)38-46(6,43)44)15-29(20)40-19-28(37-39-40)24-18-35-41(23-12-13-23)30(24)25-9-7-8-14-34-25/h7-11,14-19,23,38H,12-13H2,1-6H3,(H,36,42). The molecule has 2 aromatic carbocycles. The number of carbonyl (C=O) groups is 1. The number of carbonyl (C=O) groups excluding carboxylic acids is 1. The number of nitrogens with zero attached hydrogens (tertiary/aromatic N) is 6. The number of ether oxygens (including phenoxy) is 1. The number of aromatic nitrogens is 6. The highest BCUT2D eigenvalue weighted by Gasteiger charge is 2.30. The van der Waals surface area contributed by atoms with E-state index in [-0.39, 0.29) is 16.9 Å². The Hall–Kier alpha value is -5.04. The fourth-order valence-corrected chi connectivity index (χ4v) is 5.80. The lowest BCUT2D eigenvalue weighted by atomic mass is 9.86. The van der Waals surface area contributed by atoms with Gasteiger partial charge in [0.2, 0.25) is 10.0 Å². The third kappa shape index (κ3) is 6.36. The third-order valence-corrected chi connectivity index (χ3v) is 8.38. The van der Waals surface area contributed by atoms with Crippen molar-refractivity contribution < 1.29 is 17.9 Å². The molecular weight excluding hydrogens is 604 g/mol. The van der Waals surface area contributed by atoms with Gasteiger partial charge in [-0.05, 0) is 72.7 Å². The van der Waals surface area contributed by atoms with Crippen molar-refractivity contribution in [3.05, 3.63) is 83.8 Å². The molecule has 1 fully saturated rings. The maximum absolute atomic E-state index is 13.7. The van der Waals surface area contributed by atoms with E-state index < -0.39 is 15.9 Å². The Bertz CT molecular complexity index is 2040. The number of benzene rings is 2. The van der Waals surface area contributed by atoms with Gasteiger partial charge < -0.3 is 10.1 Å². The SMILES string of the molecule is COc1c(NC(=O)c2ccc(C)c(-n3cc(-c4cnn(C5CC5)c4-c4ccccn4)nn3)c2)cc(C(C)(C)C)cc1NS(C)(=O)=O. The second-order valence-electron chi connectivity index (χ2n) is 12.5. The molecule has 1 aliphatic rings. The van der Waals surface area contributed by atoms with Gasteiger partial charge in [-0.15, -0.1) is 5.10 Å². The Balaban J connectivity index is 1.34. The molecule has 1 amide bonds. The molecule has 0 unspecified atom stereocenters. The number of amides is 1. The molecule has 0 aliphatic heterocycles. The zero-order valence-corrected chi connectivity index (χ0v) is 27.4. The van der Waals surface area contributed by atoms with Crippen molar-refractivity contribution in [2.45, 2.75) is 52.0 Å². The van der Waals surface area contributed by atoms with Gasteiger partial charge in [0.15, 0.2) is 5.75 Å². The van der Waals surface area contributed by atoms with E-state index in [2.05, 4.69) is 30.4 Å². The van der Waals surface area contributed by atoms with Crippen molar-refractivity contribution in [1.29, 1.82) is 0 Å². The van der Waals surface area contributed by atoms with Gasteiger partial charge in [-0.1, -0.05) is 38.1 Å². The van der Waals surface area contributed by atoms with E-state index >= 15 is 0 Å². The molecule has 6 rings (SSSR count). The minimum Gasteiger partial charge on any atom is -0.492 e. The first-order valence-electron chi connectivity index (χ1n) is 14.9. The summed E-state index contributed by atoms with van der Waals surface area (Å²) in [6.07, 6.45) is 8.60. The molecule has 3 aromatic heterocycles. The highest BCUT2D eigenvalue weighted by atomic mass is 32.2. The van der Waals surface area contributed by atoms with Crippen LogP contribution < -0.4 is 14.8 Å². The molecule has 0 bridgehead atoms. The number of anilines is 2. The molecule has 0 saturated heterocycles. The zero-order chi connectivity index (χ0) is 32.8. The number of pyridine rings is 1. The Labute approximate surface area is 267 Å². The van der Waals surface area contributed by atoms with Crippen molar-refractivity contribution in [2.75, 3.05) is 23.4 Å². The minimum atomic E-state index is -3.61. The van der Waals surface area contributed by atoms with Crippen LogP contribution in [0.25, 0.3) is 28.3 Å². The van der Waals surface area contributed by atoms with Crippen LogP contribution in [0.3, 0.4) is 0 Å². The van der Waals surface area contributed by atoms with Gasteiger partial charge in [0.05, 0.1) is 65.8 Å². The van der Waals surface area contributed by atoms with Gasteiger partial charge in [-0.25, -0.2) is 13.1 Å². The number of methoxy groups -OCH3 is 1. The molecule has 1 saturated carbocycles. The molecule has 0 radical (unpaired) electrons. The van der Waals surface area contributed by atoms with E-state index in [0.29, 0.717) is 28.7 Å². The van der Waals surface area contributed by atoms with Gasteiger partial charge in [-0.2, -0.15) is 5.10 Å². The van der Waals surface area contributed by atoms with Gasteiger partial charge in [0.1, 0.15) is 5.69 Å². The van der Waals surface area contributed by atoms with Crippen LogP contribution in [0.4, 0.5) is 11.4 Å². The first kappa shape index (κ1) is 31.0. The summed E-state index contributed by atoms with van der Waals surface area (Å²) in [4.78, 5) is 18.2. The lowest BCUT2D eigenvalue weighted by molar-refractivity contribution is 0.102. The molecule has 12 nitrogen and oxygen atoms in total. The number of sulfonamides is 1. The lowest BCUT2D eigenvalue weighted by Gasteiger charge is -2.24. The summed E-state index contributed by atoms with van der Waals surface area (Å²) >= 11 is 0. The van der Waals surface area contributed by atoms with Crippen LogP contribution in [0.2, 0.25) is 0 Å². The number of hydrogen-bond donors (Lipinski definition) is 2. The smallest absolute Gasteiger partial charge is 0.255 e. The normalized spacial score (nSPS) is 13.4. The molecular formula is C33H36N8O4S. The van der Waals surface area contributed by atoms with Crippen molar-refractivity contribution in [3.8, 4) is 34.1 Å². The maximum atomic E-state index is 13.7. The predicted octanol–water partition coefficient (Wildman–Crippen LogP) is 5.77. The summed E-state index contributed by atoms with van der Waals surface area (Å²) in [5, 5.41) is 16.5. The van der Waals surface area contributed by atoms with Crippen molar-refractivity contribution in [1.82, 2.24) is 29.8 Å². The van der Waals surface area contributed by atoms with Crippen LogP contribution in [0.5, 0.6) is 5.75 Å². The quantitative estimate of drug-likeness (QED) is 0.207. The molecule has 2 N–H and O–H groups in total. The average molecular weight is 641 g/mol. The first-order valence-corrected chi connectivity index (χ1v) is 16.8. The summed E-state index contributed by atoms with van der Waals surface area (Å²) in [5.74, 6) is -0.199. The Morgan fingerprint density at radius 2 is 1.80 bits per heavy atom. The van der Waals surface area contributed by atoms with Crippen LogP contribution in [-0.2, 0) is 15.4 Å². The Morgan fingerprint density at radius 1 is 1.04 bits per heavy atom. The molecule has 46 heavy (non-hydrogen) atoms. The maximum Gasteiger partial charge on any atom is 0.255 e. The fraction of sp³-hybridized carbons (Fsp3) is 0.303. The topological polar surface area (TPSA) is 146 Å². The van der Waals surface area contributed by atoms with Gasteiger partial charge >= 0.3 is 0 Å². The van der Waals surface area contributed by atoms with E-state index in [9.17, 15) is 13.2 Å². The lowest BCUT2D eigenvalue weighted by Crippen LogP contribution is -2.18. The molecule has 0 spiro atoms. The van der Waals surface area contributed by atoms with Crippen LogP contribution in [0.15, 0.2) is 67.1 Å². The molecule has 5 aromatic rings. The molecule has 238 valence electrons. The average Bonchev–Trinajstić information content (AvgIpc) is 3.55. The van der Waals surface area contributed by atoms with Crippen molar-refractivity contribution in [3.63, 3.8) is 0 Å². The van der Waals surface area contributed by atoms with Crippen LogP contribution in [-0.4, -0.2) is 57.4 Å². The van der Waals surface area contributed by atoms with E-state index in [1.807, 2.05) is 62.8 Å². The van der Waals surface area contributed by atoms with E-state index in [4.69, 9.17) is 4.74 Å². The predicted molar refractivity (Wildman–Crippen MR) is 177 cm³/mol. The number of hydrogen-bond acceptors (Lipinski definition) is 8. The molecule has 1 aliphatic carbocycles. The largest absolute Gasteiger partial charge is 0.492 e. The summed E-state index contributed by atoms with van der Waals surface area (Å²) in [7, 11) is -2.19. The minimum absolute atomic E-state index is 0.204.